The number of carbonyl (C=O) groups excluding carboxylic acids is 1. The van der Waals surface area contributed by atoms with Crippen LogP contribution in [0.5, 0.6) is 0 Å². The van der Waals surface area contributed by atoms with Gasteiger partial charge < -0.3 is 15.0 Å². The Balaban J connectivity index is 1.62. The fourth-order valence-electron chi connectivity index (χ4n) is 3.93. The molecule has 1 aliphatic carbocycles. The largest absolute Gasteiger partial charge is 0.481 e. The van der Waals surface area contributed by atoms with E-state index in [2.05, 4.69) is 28.2 Å². The van der Waals surface area contributed by atoms with Gasteiger partial charge in [-0.3, -0.25) is 9.59 Å². The topological polar surface area (TPSA) is 71.3 Å². The number of carboxylic acids is 1. The number of aliphatic carboxylic acids is 1. The molecule has 2 N–H and O–H groups in total. The Morgan fingerprint density at radius 1 is 1.20 bits per heavy atom. The Bertz CT molecular complexity index is 765. The van der Waals surface area contributed by atoms with Crippen LogP contribution in [0.4, 0.5) is 0 Å². The van der Waals surface area contributed by atoms with Gasteiger partial charge in [0.2, 0.25) is 5.91 Å². The lowest BCUT2D eigenvalue weighted by atomic mass is 9.94. The second kappa shape index (κ2) is 7.72. The van der Waals surface area contributed by atoms with E-state index in [1.54, 1.807) is 0 Å². The van der Waals surface area contributed by atoms with Gasteiger partial charge in [-0.2, -0.15) is 0 Å². The lowest BCUT2D eigenvalue weighted by Crippen LogP contribution is -2.42. The number of aryl methyl sites for hydroxylation is 2. The average molecular weight is 342 g/mol. The number of fused-ring (bicyclic) bond motifs is 1. The maximum absolute atomic E-state index is 12.4. The first-order chi connectivity index (χ1) is 12.1. The van der Waals surface area contributed by atoms with Crippen molar-refractivity contribution in [3.8, 4) is 0 Å². The molecule has 1 aliphatic rings. The highest BCUT2D eigenvalue weighted by molar-refractivity contribution is 5.85. The Hall–Kier alpha value is -2.30. The molecule has 0 spiro atoms. The molecule has 0 radical (unpaired) electrons. The summed E-state index contributed by atoms with van der Waals surface area (Å²) in [7, 11) is 2.01. The summed E-state index contributed by atoms with van der Waals surface area (Å²) >= 11 is 0. The number of rotatable bonds is 5. The first-order valence-electron chi connectivity index (χ1n) is 9.11. The SMILES string of the molecule is Cn1cc(CCC(=O)N[C@H]2CCCCC[C@H]2C(=O)O)c2ccccc21. The number of hydrogen-bond acceptors (Lipinski definition) is 2. The molecule has 1 aromatic carbocycles. The lowest BCUT2D eigenvalue weighted by molar-refractivity contribution is -0.143. The fraction of sp³-hybridized carbons (Fsp3) is 0.500. The Kier molecular flexibility index (Phi) is 5.41. The van der Waals surface area contributed by atoms with Crippen molar-refractivity contribution < 1.29 is 14.7 Å². The van der Waals surface area contributed by atoms with Gasteiger partial charge in [0.15, 0.2) is 0 Å². The molecular weight excluding hydrogens is 316 g/mol. The first kappa shape index (κ1) is 17.5. The van der Waals surface area contributed by atoms with Gasteiger partial charge in [0, 0.05) is 36.6 Å². The highest BCUT2D eigenvalue weighted by Gasteiger charge is 2.30. The van der Waals surface area contributed by atoms with Crippen molar-refractivity contribution in [3.05, 3.63) is 36.0 Å². The average Bonchev–Trinajstić information content (AvgIpc) is 2.76. The van der Waals surface area contributed by atoms with Gasteiger partial charge in [-0.05, 0) is 30.9 Å². The number of aromatic nitrogens is 1. The van der Waals surface area contributed by atoms with Crippen LogP contribution in [0.15, 0.2) is 30.5 Å². The van der Waals surface area contributed by atoms with E-state index >= 15 is 0 Å². The third-order valence-corrected chi connectivity index (χ3v) is 5.28. The minimum atomic E-state index is -0.791. The smallest absolute Gasteiger partial charge is 0.308 e. The van der Waals surface area contributed by atoms with Gasteiger partial charge in [0.05, 0.1) is 5.92 Å². The van der Waals surface area contributed by atoms with Crippen LogP contribution < -0.4 is 5.32 Å². The molecule has 1 saturated carbocycles. The molecule has 25 heavy (non-hydrogen) atoms. The third-order valence-electron chi connectivity index (χ3n) is 5.28. The number of benzene rings is 1. The van der Waals surface area contributed by atoms with Gasteiger partial charge in [0.25, 0.3) is 0 Å². The summed E-state index contributed by atoms with van der Waals surface area (Å²) in [5.74, 6) is -1.30. The molecule has 1 heterocycles. The molecule has 3 rings (SSSR count). The monoisotopic (exact) mass is 342 g/mol. The minimum absolute atomic E-state index is 0.0499. The molecule has 0 aliphatic heterocycles. The predicted octanol–water partition coefficient (Wildman–Crippen LogP) is 3.26. The van der Waals surface area contributed by atoms with E-state index in [1.165, 1.54) is 5.39 Å². The molecule has 2 atom stereocenters. The van der Waals surface area contributed by atoms with Crippen molar-refractivity contribution in [2.24, 2.45) is 13.0 Å². The van der Waals surface area contributed by atoms with E-state index in [0.29, 0.717) is 19.3 Å². The second-order valence-corrected chi connectivity index (χ2v) is 7.04. The molecule has 5 heteroatoms. The zero-order valence-corrected chi connectivity index (χ0v) is 14.7. The van der Waals surface area contributed by atoms with Crippen molar-refractivity contribution in [3.63, 3.8) is 0 Å². The highest BCUT2D eigenvalue weighted by atomic mass is 16.4. The van der Waals surface area contributed by atoms with Crippen molar-refractivity contribution in [1.82, 2.24) is 9.88 Å². The van der Waals surface area contributed by atoms with Gasteiger partial charge in [0.1, 0.15) is 0 Å². The maximum Gasteiger partial charge on any atom is 0.308 e. The minimum Gasteiger partial charge on any atom is -0.481 e. The molecule has 134 valence electrons. The Morgan fingerprint density at radius 2 is 1.96 bits per heavy atom. The number of nitrogens with zero attached hydrogens (tertiary/aromatic N) is 1. The van der Waals surface area contributed by atoms with Crippen molar-refractivity contribution in [1.29, 1.82) is 0 Å². The summed E-state index contributed by atoms with van der Waals surface area (Å²) < 4.78 is 2.08. The van der Waals surface area contributed by atoms with E-state index in [1.807, 2.05) is 19.2 Å². The third kappa shape index (κ3) is 4.03. The number of para-hydroxylation sites is 1. The molecule has 5 nitrogen and oxygen atoms in total. The zero-order valence-electron chi connectivity index (χ0n) is 14.7. The van der Waals surface area contributed by atoms with E-state index in [-0.39, 0.29) is 11.9 Å². The van der Waals surface area contributed by atoms with E-state index in [9.17, 15) is 14.7 Å². The summed E-state index contributed by atoms with van der Waals surface area (Å²) in [5, 5.41) is 13.6. The van der Waals surface area contributed by atoms with Crippen LogP contribution in [0.2, 0.25) is 0 Å². The molecule has 0 bridgehead atoms. The Labute approximate surface area is 148 Å². The van der Waals surface area contributed by atoms with Crippen LogP contribution in [-0.4, -0.2) is 27.6 Å². The van der Waals surface area contributed by atoms with E-state index in [4.69, 9.17) is 0 Å². The highest BCUT2D eigenvalue weighted by Crippen LogP contribution is 2.25. The van der Waals surface area contributed by atoms with E-state index in [0.717, 1.165) is 36.8 Å². The lowest BCUT2D eigenvalue weighted by Gasteiger charge is -2.22. The standard InChI is InChI=1S/C20H26N2O3/c1-22-13-14(15-7-5-6-10-18(15)22)11-12-19(23)21-17-9-4-2-3-8-16(17)20(24)25/h5-7,10,13,16-17H,2-4,8-9,11-12H2,1H3,(H,21,23)(H,24,25)/t16-,17+/m1/s1. The van der Waals surface area contributed by atoms with Crippen molar-refractivity contribution in [2.75, 3.05) is 0 Å². The summed E-state index contributed by atoms with van der Waals surface area (Å²) in [6.45, 7) is 0. The fourth-order valence-corrected chi connectivity index (χ4v) is 3.93. The van der Waals surface area contributed by atoms with Gasteiger partial charge in [-0.1, -0.05) is 37.5 Å². The molecular formula is C20H26N2O3. The quantitative estimate of drug-likeness (QED) is 0.819. The molecule has 1 amide bonds. The summed E-state index contributed by atoms with van der Waals surface area (Å²) in [6, 6.07) is 7.93. The Morgan fingerprint density at radius 3 is 2.76 bits per heavy atom. The van der Waals surface area contributed by atoms with Crippen LogP contribution in [-0.2, 0) is 23.1 Å². The summed E-state index contributed by atoms with van der Waals surface area (Å²) in [4.78, 5) is 23.9. The number of hydrogen-bond donors (Lipinski definition) is 2. The maximum atomic E-state index is 12.4. The molecule has 1 aromatic heterocycles. The summed E-state index contributed by atoms with van der Waals surface area (Å²) in [6.07, 6.45) is 7.50. The number of carbonyl (C=O) groups is 2. The van der Waals surface area contributed by atoms with E-state index < -0.39 is 11.9 Å². The number of carboxylic acid groups (broad SMARTS) is 1. The van der Waals surface area contributed by atoms with Crippen LogP contribution in [0.1, 0.15) is 44.1 Å². The molecule has 0 saturated heterocycles. The molecule has 2 aromatic rings. The molecule has 0 unspecified atom stereocenters. The van der Waals surface area contributed by atoms with Crippen LogP contribution >= 0.6 is 0 Å². The molecule has 1 fully saturated rings. The van der Waals surface area contributed by atoms with Crippen LogP contribution in [0.25, 0.3) is 10.9 Å². The normalized spacial score (nSPS) is 21.0. The number of nitrogens with one attached hydrogen (secondary N) is 1. The number of amides is 1. The van der Waals surface area contributed by atoms with Gasteiger partial charge >= 0.3 is 5.97 Å². The van der Waals surface area contributed by atoms with Crippen LogP contribution in [0, 0.1) is 5.92 Å². The zero-order chi connectivity index (χ0) is 17.8. The van der Waals surface area contributed by atoms with Gasteiger partial charge in [-0.15, -0.1) is 0 Å². The summed E-state index contributed by atoms with van der Waals surface area (Å²) in [5.41, 5.74) is 2.32. The first-order valence-corrected chi connectivity index (χ1v) is 9.11. The van der Waals surface area contributed by atoms with Gasteiger partial charge in [-0.25, -0.2) is 0 Å². The predicted molar refractivity (Wildman–Crippen MR) is 97.4 cm³/mol. The van der Waals surface area contributed by atoms with Crippen molar-refractivity contribution >= 4 is 22.8 Å². The van der Waals surface area contributed by atoms with Crippen molar-refractivity contribution in [2.45, 2.75) is 51.0 Å². The second-order valence-electron chi connectivity index (χ2n) is 7.04. The van der Waals surface area contributed by atoms with Crippen LogP contribution in [0.3, 0.4) is 0 Å².